The summed E-state index contributed by atoms with van der Waals surface area (Å²) in [7, 11) is 0. The molecular weight excluding hydrogens is 218 g/mol. The highest BCUT2D eigenvalue weighted by Gasteiger charge is 2.07. The van der Waals surface area contributed by atoms with Crippen LogP contribution < -0.4 is 17.2 Å². The Labute approximate surface area is 97.4 Å². The summed E-state index contributed by atoms with van der Waals surface area (Å²) in [5, 5.41) is 7.88. The number of azo groups is 1. The fourth-order valence-corrected chi connectivity index (χ4v) is 1.21. The maximum Gasteiger partial charge on any atom is 0.224 e. The van der Waals surface area contributed by atoms with Gasteiger partial charge in [-0.1, -0.05) is 18.2 Å². The molecule has 0 amide bonds. The second kappa shape index (κ2) is 4.44. The van der Waals surface area contributed by atoms with Crippen molar-refractivity contribution >= 4 is 29.0 Å². The van der Waals surface area contributed by atoms with E-state index >= 15 is 0 Å². The summed E-state index contributed by atoms with van der Waals surface area (Å²) in [6.45, 7) is 0. The highest BCUT2D eigenvalue weighted by atomic mass is 15.2. The minimum absolute atomic E-state index is 0.0126. The van der Waals surface area contributed by atoms with Crippen LogP contribution in [0, 0.1) is 0 Å². The summed E-state index contributed by atoms with van der Waals surface area (Å²) >= 11 is 0. The molecule has 0 atom stereocenters. The van der Waals surface area contributed by atoms with Crippen molar-refractivity contribution in [2.24, 2.45) is 10.2 Å². The minimum atomic E-state index is 0.0126. The normalized spacial score (nSPS) is 10.8. The summed E-state index contributed by atoms with van der Waals surface area (Å²) in [5.41, 5.74) is 17.5. The molecule has 86 valence electrons. The van der Waals surface area contributed by atoms with Gasteiger partial charge in [-0.15, -0.1) is 5.11 Å². The molecule has 0 saturated heterocycles. The van der Waals surface area contributed by atoms with Crippen LogP contribution in [0.15, 0.2) is 40.6 Å². The van der Waals surface area contributed by atoms with Gasteiger partial charge < -0.3 is 17.2 Å². The fourth-order valence-electron chi connectivity index (χ4n) is 1.21. The Morgan fingerprint density at radius 1 is 0.824 bits per heavy atom. The predicted molar refractivity (Wildman–Crippen MR) is 65.9 cm³/mol. The molecule has 7 nitrogen and oxygen atoms in total. The van der Waals surface area contributed by atoms with E-state index in [1.54, 1.807) is 12.1 Å². The molecule has 1 heterocycles. The number of hydrogen-bond acceptors (Lipinski definition) is 7. The van der Waals surface area contributed by atoms with Gasteiger partial charge in [0.2, 0.25) is 5.95 Å². The van der Waals surface area contributed by atoms with E-state index in [-0.39, 0.29) is 23.3 Å². The molecular formula is C10H11N7. The first-order valence-corrected chi connectivity index (χ1v) is 4.82. The zero-order valence-electron chi connectivity index (χ0n) is 8.91. The lowest BCUT2D eigenvalue weighted by atomic mass is 10.3. The van der Waals surface area contributed by atoms with Crippen LogP contribution in [0.3, 0.4) is 0 Å². The van der Waals surface area contributed by atoms with E-state index in [1.807, 2.05) is 18.2 Å². The molecule has 0 fully saturated rings. The van der Waals surface area contributed by atoms with Gasteiger partial charge in [-0.3, -0.25) is 0 Å². The molecule has 0 unspecified atom stereocenters. The van der Waals surface area contributed by atoms with E-state index in [0.717, 1.165) is 0 Å². The van der Waals surface area contributed by atoms with E-state index < -0.39 is 0 Å². The number of nitrogens with two attached hydrogens (primary N) is 3. The first-order valence-electron chi connectivity index (χ1n) is 4.82. The van der Waals surface area contributed by atoms with E-state index in [9.17, 15) is 0 Å². The Morgan fingerprint density at radius 2 is 1.41 bits per heavy atom. The van der Waals surface area contributed by atoms with Crippen LogP contribution in [0.4, 0.5) is 29.0 Å². The van der Waals surface area contributed by atoms with E-state index in [4.69, 9.17) is 17.2 Å². The first kappa shape index (κ1) is 10.8. The van der Waals surface area contributed by atoms with Crippen LogP contribution in [0.2, 0.25) is 0 Å². The zero-order valence-corrected chi connectivity index (χ0v) is 8.91. The number of anilines is 3. The summed E-state index contributed by atoms with van der Waals surface area (Å²) in [6, 6.07) is 9.18. The molecule has 0 aliphatic heterocycles. The van der Waals surface area contributed by atoms with Crippen molar-refractivity contribution in [1.29, 1.82) is 0 Å². The maximum absolute atomic E-state index is 5.62. The number of benzene rings is 1. The second-order valence-corrected chi connectivity index (χ2v) is 3.24. The van der Waals surface area contributed by atoms with Gasteiger partial charge in [-0.25, -0.2) is 0 Å². The largest absolute Gasteiger partial charge is 0.382 e. The fraction of sp³-hybridized carbons (Fsp3) is 0. The van der Waals surface area contributed by atoms with Gasteiger partial charge in [0.1, 0.15) is 0 Å². The van der Waals surface area contributed by atoms with Crippen LogP contribution >= 0.6 is 0 Å². The molecule has 0 bridgehead atoms. The molecule has 6 N–H and O–H groups in total. The Balaban J connectivity index is 2.34. The maximum atomic E-state index is 5.62. The number of nitrogens with zero attached hydrogens (tertiary/aromatic N) is 4. The smallest absolute Gasteiger partial charge is 0.224 e. The van der Waals surface area contributed by atoms with Crippen LogP contribution in [-0.2, 0) is 0 Å². The van der Waals surface area contributed by atoms with Gasteiger partial charge in [-0.05, 0) is 12.1 Å². The average molecular weight is 229 g/mol. The van der Waals surface area contributed by atoms with Gasteiger partial charge in [0, 0.05) is 0 Å². The SMILES string of the molecule is Nc1nc(N)c(N=Nc2ccccc2)c(N)n1. The third kappa shape index (κ3) is 2.46. The van der Waals surface area contributed by atoms with E-state index in [0.29, 0.717) is 5.69 Å². The zero-order chi connectivity index (χ0) is 12.3. The van der Waals surface area contributed by atoms with Crippen molar-refractivity contribution in [1.82, 2.24) is 9.97 Å². The topological polar surface area (TPSA) is 129 Å². The van der Waals surface area contributed by atoms with Crippen molar-refractivity contribution in [3.8, 4) is 0 Å². The summed E-state index contributed by atoms with van der Waals surface area (Å²) in [5.74, 6) is 0.225. The Hall–Kier alpha value is -2.70. The second-order valence-electron chi connectivity index (χ2n) is 3.24. The molecule has 2 aromatic rings. The van der Waals surface area contributed by atoms with Crippen LogP contribution in [0.1, 0.15) is 0 Å². The molecule has 2 rings (SSSR count). The molecule has 1 aromatic heterocycles. The third-order valence-electron chi connectivity index (χ3n) is 1.98. The van der Waals surface area contributed by atoms with E-state index in [1.165, 1.54) is 0 Å². The third-order valence-corrected chi connectivity index (χ3v) is 1.98. The monoisotopic (exact) mass is 229 g/mol. The van der Waals surface area contributed by atoms with Crippen LogP contribution in [-0.4, -0.2) is 9.97 Å². The summed E-state index contributed by atoms with van der Waals surface area (Å²) in [6.07, 6.45) is 0. The van der Waals surface area contributed by atoms with Crippen molar-refractivity contribution in [3.63, 3.8) is 0 Å². The Morgan fingerprint density at radius 3 is 2.00 bits per heavy atom. The molecule has 7 heteroatoms. The molecule has 0 aliphatic rings. The molecule has 17 heavy (non-hydrogen) atoms. The quantitative estimate of drug-likeness (QED) is 0.674. The standard InChI is InChI=1S/C10H11N7/c11-8-7(9(12)15-10(13)14-8)17-16-6-4-2-1-3-5-6/h1-5H,(H6,11,12,13,14,15). The van der Waals surface area contributed by atoms with Gasteiger partial charge in [0.25, 0.3) is 0 Å². The van der Waals surface area contributed by atoms with Crippen molar-refractivity contribution < 1.29 is 0 Å². The number of hydrogen-bond donors (Lipinski definition) is 3. The van der Waals surface area contributed by atoms with Crippen LogP contribution in [0.5, 0.6) is 0 Å². The highest BCUT2D eigenvalue weighted by Crippen LogP contribution is 2.28. The van der Waals surface area contributed by atoms with Gasteiger partial charge in [0.15, 0.2) is 17.3 Å². The van der Waals surface area contributed by atoms with Gasteiger partial charge >= 0.3 is 0 Å². The van der Waals surface area contributed by atoms with E-state index in [2.05, 4.69) is 20.2 Å². The lowest BCUT2D eigenvalue weighted by Crippen LogP contribution is -2.03. The number of nitrogen functional groups attached to an aromatic ring is 3. The molecule has 0 aliphatic carbocycles. The first-order chi connectivity index (χ1) is 8.16. The Kier molecular flexibility index (Phi) is 2.82. The predicted octanol–water partition coefficient (Wildman–Crippen LogP) is 1.64. The highest BCUT2D eigenvalue weighted by molar-refractivity contribution is 5.71. The minimum Gasteiger partial charge on any atom is -0.382 e. The molecule has 1 aromatic carbocycles. The molecule has 0 spiro atoms. The number of rotatable bonds is 2. The average Bonchev–Trinajstić information content (AvgIpc) is 2.29. The van der Waals surface area contributed by atoms with Crippen LogP contribution in [0.25, 0.3) is 0 Å². The van der Waals surface area contributed by atoms with Crippen molar-refractivity contribution in [2.45, 2.75) is 0 Å². The molecule has 0 radical (unpaired) electrons. The summed E-state index contributed by atoms with van der Waals surface area (Å²) < 4.78 is 0. The van der Waals surface area contributed by atoms with Gasteiger partial charge in [0.05, 0.1) is 5.69 Å². The van der Waals surface area contributed by atoms with Gasteiger partial charge in [-0.2, -0.15) is 15.1 Å². The lowest BCUT2D eigenvalue weighted by molar-refractivity contribution is 1.15. The Bertz CT molecular complexity index is 527. The number of aromatic nitrogens is 2. The molecule has 0 saturated carbocycles. The van der Waals surface area contributed by atoms with Crippen molar-refractivity contribution in [2.75, 3.05) is 17.2 Å². The van der Waals surface area contributed by atoms with Crippen molar-refractivity contribution in [3.05, 3.63) is 30.3 Å². The summed E-state index contributed by atoms with van der Waals surface area (Å²) in [4.78, 5) is 7.51. The lowest BCUT2D eigenvalue weighted by Gasteiger charge is -2.02.